The number of para-hydroxylation sites is 3. The van der Waals surface area contributed by atoms with Crippen LogP contribution in [0.5, 0.6) is 0 Å². The molecular weight excluding hydrogens is 418 g/mol. The number of furan rings is 1. The molecule has 1 atom stereocenters. The molecule has 0 amide bonds. The van der Waals surface area contributed by atoms with Crippen LogP contribution in [0.4, 0.5) is 0 Å². The van der Waals surface area contributed by atoms with Gasteiger partial charge in [0.15, 0.2) is 0 Å². The fourth-order valence-electron chi connectivity index (χ4n) is 4.67. The molecule has 0 radical (unpaired) electrons. The lowest BCUT2D eigenvalue weighted by Gasteiger charge is -2.14. The Hall–Kier alpha value is -3.92. The van der Waals surface area contributed by atoms with Gasteiger partial charge in [-0.05, 0) is 41.8 Å². The number of hydrogen-bond acceptors (Lipinski definition) is 3. The molecule has 0 bridgehead atoms. The first-order valence-electron chi connectivity index (χ1n) is 11.9. The average Bonchev–Trinajstić information content (AvgIpc) is 3.42. The molecule has 0 aliphatic heterocycles. The fourth-order valence-corrected chi connectivity index (χ4v) is 4.67. The second kappa shape index (κ2) is 8.14. The first-order valence-corrected chi connectivity index (χ1v) is 11.9. The molecule has 4 heteroatoms. The van der Waals surface area contributed by atoms with Crippen LogP contribution in [0.25, 0.3) is 44.5 Å². The highest BCUT2D eigenvalue weighted by Crippen LogP contribution is 2.37. The highest BCUT2D eigenvalue weighted by atomic mass is 16.3. The quantitative estimate of drug-likeness (QED) is 0.272. The number of nitrogens with zero attached hydrogens (tertiary/aromatic N) is 3. The summed E-state index contributed by atoms with van der Waals surface area (Å²) in [6.45, 7) is 7.41. The minimum Gasteiger partial charge on any atom is -0.437 e. The number of fused-ring (bicyclic) bond motifs is 4. The van der Waals surface area contributed by atoms with E-state index in [0.29, 0.717) is 17.5 Å². The largest absolute Gasteiger partial charge is 0.437 e. The molecule has 3 heterocycles. The number of benzene rings is 3. The Bertz CT molecular complexity index is 1630. The number of hydrogen-bond donors (Lipinski definition) is 0. The van der Waals surface area contributed by atoms with Crippen LogP contribution in [-0.4, -0.2) is 14.5 Å². The van der Waals surface area contributed by atoms with Crippen LogP contribution in [0, 0.1) is 5.92 Å². The van der Waals surface area contributed by atoms with Crippen molar-refractivity contribution in [2.24, 2.45) is 5.92 Å². The summed E-state index contributed by atoms with van der Waals surface area (Å²) in [6.07, 6.45) is 0. The summed E-state index contributed by atoms with van der Waals surface area (Å²) in [6, 6.07) is 29.4. The van der Waals surface area contributed by atoms with Gasteiger partial charge in [-0.15, -0.1) is 0 Å². The molecular formula is C30H27N3O. The molecule has 0 saturated carbocycles. The maximum Gasteiger partial charge on any atom is 0.227 e. The molecule has 0 aliphatic rings. The third-order valence-corrected chi connectivity index (χ3v) is 6.93. The molecule has 3 aromatic heterocycles. The van der Waals surface area contributed by atoms with Crippen LogP contribution in [0.2, 0.25) is 0 Å². The molecule has 3 aromatic carbocycles. The molecule has 0 N–H and O–H groups in total. The van der Waals surface area contributed by atoms with E-state index in [1.807, 2.05) is 12.1 Å². The predicted octanol–water partition coefficient (Wildman–Crippen LogP) is 7.81. The van der Waals surface area contributed by atoms with Gasteiger partial charge in [0, 0.05) is 28.9 Å². The summed E-state index contributed by atoms with van der Waals surface area (Å²) in [4.78, 5) is 9.96. The molecule has 0 saturated heterocycles. The fraction of sp³-hybridized carbons (Fsp3) is 0.200. The van der Waals surface area contributed by atoms with Crippen molar-refractivity contribution >= 4 is 33.1 Å². The van der Waals surface area contributed by atoms with Gasteiger partial charge in [-0.25, -0.2) is 9.97 Å². The third kappa shape index (κ3) is 3.38. The van der Waals surface area contributed by atoms with Gasteiger partial charge in [0.2, 0.25) is 5.71 Å². The lowest BCUT2D eigenvalue weighted by Crippen LogP contribution is -2.03. The normalized spacial score (nSPS) is 12.8. The number of rotatable bonds is 5. The van der Waals surface area contributed by atoms with Gasteiger partial charge in [-0.3, -0.25) is 0 Å². The minimum atomic E-state index is 0.368. The Morgan fingerprint density at radius 2 is 1.56 bits per heavy atom. The van der Waals surface area contributed by atoms with Gasteiger partial charge in [0.25, 0.3) is 0 Å². The van der Waals surface area contributed by atoms with Crippen LogP contribution < -0.4 is 0 Å². The van der Waals surface area contributed by atoms with Crippen molar-refractivity contribution < 1.29 is 4.42 Å². The average molecular weight is 446 g/mol. The number of imidazole rings is 1. The summed E-state index contributed by atoms with van der Waals surface area (Å²) in [7, 11) is 0. The van der Waals surface area contributed by atoms with Crippen molar-refractivity contribution in [2.45, 2.75) is 33.2 Å². The molecule has 4 nitrogen and oxygen atoms in total. The molecule has 168 valence electrons. The highest BCUT2D eigenvalue weighted by Gasteiger charge is 2.20. The second-order valence-corrected chi connectivity index (χ2v) is 9.40. The Morgan fingerprint density at radius 3 is 2.38 bits per heavy atom. The van der Waals surface area contributed by atoms with Gasteiger partial charge >= 0.3 is 0 Å². The van der Waals surface area contributed by atoms with Crippen LogP contribution in [0.15, 0.2) is 89.3 Å². The first-order chi connectivity index (χ1) is 16.6. The highest BCUT2D eigenvalue weighted by molar-refractivity contribution is 6.08. The van der Waals surface area contributed by atoms with E-state index in [0.717, 1.165) is 51.0 Å². The molecule has 6 rings (SSSR count). The number of pyridine rings is 1. The van der Waals surface area contributed by atoms with Gasteiger partial charge in [-0.1, -0.05) is 75.4 Å². The van der Waals surface area contributed by atoms with E-state index in [9.17, 15) is 0 Å². The zero-order chi connectivity index (χ0) is 23.2. The SMILES string of the molecule is CC(C)C(C)c1ccc2c(n1)oc1c(-c3nc4ccccc4n3Cc3ccccc3)cccc12. The summed E-state index contributed by atoms with van der Waals surface area (Å²) in [5.41, 5.74) is 6.91. The maximum absolute atomic E-state index is 6.45. The van der Waals surface area contributed by atoms with E-state index in [-0.39, 0.29) is 0 Å². The molecule has 6 aromatic rings. The predicted molar refractivity (Wildman–Crippen MR) is 139 cm³/mol. The lowest BCUT2D eigenvalue weighted by atomic mass is 9.94. The number of aromatic nitrogens is 3. The lowest BCUT2D eigenvalue weighted by molar-refractivity contribution is 0.521. The summed E-state index contributed by atoms with van der Waals surface area (Å²) < 4.78 is 8.73. The summed E-state index contributed by atoms with van der Waals surface area (Å²) in [5, 5.41) is 2.12. The van der Waals surface area contributed by atoms with E-state index in [1.54, 1.807) is 0 Å². The van der Waals surface area contributed by atoms with Crippen LogP contribution in [-0.2, 0) is 6.54 Å². The first kappa shape index (κ1) is 20.7. The summed E-state index contributed by atoms with van der Waals surface area (Å²) in [5.74, 6) is 1.79. The van der Waals surface area contributed by atoms with Crippen LogP contribution in [0.1, 0.15) is 37.9 Å². The second-order valence-electron chi connectivity index (χ2n) is 9.40. The van der Waals surface area contributed by atoms with E-state index in [4.69, 9.17) is 14.4 Å². The maximum atomic E-state index is 6.45. The molecule has 0 aliphatic carbocycles. The van der Waals surface area contributed by atoms with Crippen LogP contribution >= 0.6 is 0 Å². The molecule has 1 unspecified atom stereocenters. The van der Waals surface area contributed by atoms with Crippen molar-refractivity contribution in [2.75, 3.05) is 0 Å². The van der Waals surface area contributed by atoms with Crippen molar-refractivity contribution in [1.82, 2.24) is 14.5 Å². The Balaban J connectivity index is 1.57. The monoisotopic (exact) mass is 445 g/mol. The minimum absolute atomic E-state index is 0.368. The summed E-state index contributed by atoms with van der Waals surface area (Å²) >= 11 is 0. The van der Waals surface area contributed by atoms with E-state index in [1.165, 1.54) is 5.56 Å². The third-order valence-electron chi connectivity index (χ3n) is 6.93. The standard InChI is InChI=1S/C30H27N3O/c1-19(2)20(3)25-17-16-23-22-12-9-13-24(28(22)34-30(23)32-25)29-31-26-14-7-8-15-27(26)33(29)18-21-10-5-4-6-11-21/h4-17,19-20H,18H2,1-3H3. The topological polar surface area (TPSA) is 43.9 Å². The van der Waals surface area contributed by atoms with E-state index < -0.39 is 0 Å². The molecule has 0 fully saturated rings. The van der Waals surface area contributed by atoms with Crippen molar-refractivity contribution in [3.63, 3.8) is 0 Å². The zero-order valence-electron chi connectivity index (χ0n) is 19.7. The van der Waals surface area contributed by atoms with Crippen molar-refractivity contribution in [3.05, 3.63) is 96.2 Å². The van der Waals surface area contributed by atoms with Gasteiger partial charge in [-0.2, -0.15) is 0 Å². The van der Waals surface area contributed by atoms with Gasteiger partial charge in [0.05, 0.1) is 16.6 Å². The van der Waals surface area contributed by atoms with Crippen molar-refractivity contribution in [1.29, 1.82) is 0 Å². The molecule has 0 spiro atoms. The van der Waals surface area contributed by atoms with Crippen molar-refractivity contribution in [3.8, 4) is 11.4 Å². The van der Waals surface area contributed by atoms with Gasteiger partial charge < -0.3 is 8.98 Å². The molecule has 34 heavy (non-hydrogen) atoms. The van der Waals surface area contributed by atoms with E-state index in [2.05, 4.69) is 98.1 Å². The van der Waals surface area contributed by atoms with E-state index >= 15 is 0 Å². The zero-order valence-corrected chi connectivity index (χ0v) is 19.7. The van der Waals surface area contributed by atoms with Gasteiger partial charge in [0.1, 0.15) is 11.4 Å². The Morgan fingerprint density at radius 1 is 0.765 bits per heavy atom. The Labute approximate surface area is 198 Å². The Kier molecular flexibility index (Phi) is 4.95. The smallest absolute Gasteiger partial charge is 0.227 e. The van der Waals surface area contributed by atoms with Crippen LogP contribution in [0.3, 0.4) is 0 Å².